The third kappa shape index (κ3) is 2.99. The number of Topliss-reactive ketones (excluding diaryl/α,β-unsaturated/α-hetero) is 1. The van der Waals surface area contributed by atoms with Gasteiger partial charge in [0.2, 0.25) is 0 Å². The van der Waals surface area contributed by atoms with E-state index in [1.807, 2.05) is 6.92 Å². The van der Waals surface area contributed by atoms with E-state index >= 15 is 0 Å². The van der Waals surface area contributed by atoms with Crippen molar-refractivity contribution in [3.05, 3.63) is 63.7 Å². The Hall–Kier alpha value is -1.74. The van der Waals surface area contributed by atoms with E-state index in [0.717, 1.165) is 5.69 Å². The van der Waals surface area contributed by atoms with E-state index in [1.165, 1.54) is 12.1 Å². The van der Waals surface area contributed by atoms with E-state index < -0.39 is 5.82 Å². The Bertz CT molecular complexity index is 620. The first-order valence-electron chi connectivity index (χ1n) is 5.89. The Kier molecular flexibility index (Phi) is 3.96. The van der Waals surface area contributed by atoms with Gasteiger partial charge in [-0.2, -0.15) is 0 Å². The number of hydrogen-bond acceptors (Lipinski definition) is 2. The van der Waals surface area contributed by atoms with Crippen LogP contribution in [0.4, 0.5) is 4.39 Å². The summed E-state index contributed by atoms with van der Waals surface area (Å²) in [5.41, 5.74) is 2.23. The third-order valence-corrected chi connectivity index (χ3v) is 3.28. The SMILES string of the molecule is Cc1ccc(C(=O)Cc2c(F)cccc2Cl)c(C)n1. The molecule has 2 aromatic rings. The molecule has 0 bridgehead atoms. The van der Waals surface area contributed by atoms with Gasteiger partial charge in [-0.15, -0.1) is 0 Å². The summed E-state index contributed by atoms with van der Waals surface area (Å²) in [6.45, 7) is 3.62. The summed E-state index contributed by atoms with van der Waals surface area (Å²) in [4.78, 5) is 16.4. The number of rotatable bonds is 3. The number of ketones is 1. The zero-order valence-electron chi connectivity index (χ0n) is 10.7. The minimum Gasteiger partial charge on any atom is -0.294 e. The van der Waals surface area contributed by atoms with Crippen molar-refractivity contribution in [1.29, 1.82) is 0 Å². The molecule has 0 aliphatic heterocycles. The Morgan fingerprint density at radius 1 is 1.26 bits per heavy atom. The maximum absolute atomic E-state index is 13.6. The van der Waals surface area contributed by atoms with Gasteiger partial charge in [-0.05, 0) is 38.1 Å². The van der Waals surface area contributed by atoms with Crippen molar-refractivity contribution in [2.45, 2.75) is 20.3 Å². The van der Waals surface area contributed by atoms with Crippen LogP contribution >= 0.6 is 11.6 Å². The highest BCUT2D eigenvalue weighted by atomic mass is 35.5. The maximum Gasteiger partial charge on any atom is 0.169 e. The lowest BCUT2D eigenvalue weighted by Crippen LogP contribution is -2.09. The molecule has 1 aromatic heterocycles. The standard InChI is InChI=1S/C15H13ClFNO/c1-9-6-7-11(10(2)18-9)15(19)8-12-13(16)4-3-5-14(12)17/h3-7H,8H2,1-2H3. The second kappa shape index (κ2) is 5.49. The molecule has 19 heavy (non-hydrogen) atoms. The molecule has 0 aliphatic carbocycles. The van der Waals surface area contributed by atoms with Gasteiger partial charge in [-0.3, -0.25) is 9.78 Å². The number of benzene rings is 1. The summed E-state index contributed by atoms with van der Waals surface area (Å²) < 4.78 is 13.6. The molecule has 98 valence electrons. The summed E-state index contributed by atoms with van der Waals surface area (Å²) in [6.07, 6.45) is -0.0584. The molecule has 0 radical (unpaired) electrons. The van der Waals surface area contributed by atoms with Crippen molar-refractivity contribution in [3.63, 3.8) is 0 Å². The quantitative estimate of drug-likeness (QED) is 0.796. The zero-order valence-corrected chi connectivity index (χ0v) is 11.5. The third-order valence-electron chi connectivity index (χ3n) is 2.92. The second-order valence-electron chi connectivity index (χ2n) is 4.39. The Morgan fingerprint density at radius 3 is 2.63 bits per heavy atom. The molecule has 0 amide bonds. The molecule has 0 aliphatic rings. The van der Waals surface area contributed by atoms with Crippen LogP contribution in [0, 0.1) is 19.7 Å². The fourth-order valence-corrected chi connectivity index (χ4v) is 2.17. The van der Waals surface area contributed by atoms with Crippen LogP contribution in [0.25, 0.3) is 0 Å². The molecule has 4 heteroatoms. The molecular weight excluding hydrogens is 265 g/mol. The second-order valence-corrected chi connectivity index (χ2v) is 4.79. The predicted octanol–water partition coefficient (Wildman–Crippen LogP) is 3.92. The molecule has 0 N–H and O–H groups in total. The van der Waals surface area contributed by atoms with Crippen LogP contribution in [-0.2, 0) is 6.42 Å². The van der Waals surface area contributed by atoms with E-state index in [4.69, 9.17) is 11.6 Å². The van der Waals surface area contributed by atoms with Crippen molar-refractivity contribution in [2.75, 3.05) is 0 Å². The number of carbonyl (C=O) groups is 1. The molecule has 0 fully saturated rings. The molecule has 0 spiro atoms. The van der Waals surface area contributed by atoms with E-state index in [-0.39, 0.29) is 22.8 Å². The molecule has 2 rings (SSSR count). The van der Waals surface area contributed by atoms with Crippen molar-refractivity contribution in [2.24, 2.45) is 0 Å². The van der Waals surface area contributed by atoms with Crippen molar-refractivity contribution in [3.8, 4) is 0 Å². The number of halogens is 2. The van der Waals surface area contributed by atoms with Gasteiger partial charge in [-0.1, -0.05) is 17.7 Å². The van der Waals surface area contributed by atoms with Crippen LogP contribution in [0.15, 0.2) is 30.3 Å². The smallest absolute Gasteiger partial charge is 0.169 e. The molecule has 2 nitrogen and oxygen atoms in total. The van der Waals surface area contributed by atoms with E-state index in [1.54, 1.807) is 25.1 Å². The summed E-state index contributed by atoms with van der Waals surface area (Å²) >= 11 is 5.92. The van der Waals surface area contributed by atoms with Gasteiger partial charge < -0.3 is 0 Å². The van der Waals surface area contributed by atoms with Crippen LogP contribution in [0.1, 0.15) is 27.3 Å². The fourth-order valence-electron chi connectivity index (χ4n) is 1.94. The van der Waals surface area contributed by atoms with E-state index in [0.29, 0.717) is 11.3 Å². The summed E-state index contributed by atoms with van der Waals surface area (Å²) in [5, 5.41) is 0.270. The molecular formula is C15H13ClFNO. The van der Waals surface area contributed by atoms with Gasteiger partial charge >= 0.3 is 0 Å². The Labute approximate surface area is 116 Å². The number of aryl methyl sites for hydroxylation is 2. The number of pyridine rings is 1. The molecule has 0 atom stereocenters. The molecule has 0 saturated carbocycles. The summed E-state index contributed by atoms with van der Waals surface area (Å²) in [6, 6.07) is 7.88. The van der Waals surface area contributed by atoms with Crippen LogP contribution in [0.3, 0.4) is 0 Å². The van der Waals surface area contributed by atoms with Gasteiger partial charge in [0.25, 0.3) is 0 Å². The monoisotopic (exact) mass is 277 g/mol. The molecule has 1 heterocycles. The fraction of sp³-hybridized carbons (Fsp3) is 0.200. The first-order chi connectivity index (χ1) is 8.99. The number of nitrogens with zero attached hydrogens (tertiary/aromatic N) is 1. The molecule has 0 unspecified atom stereocenters. The summed E-state index contributed by atoms with van der Waals surface area (Å²) in [5.74, 6) is -0.643. The van der Waals surface area contributed by atoms with Gasteiger partial charge in [0.05, 0.1) is 0 Å². The largest absolute Gasteiger partial charge is 0.294 e. The minimum absolute atomic E-state index is 0.0584. The van der Waals surface area contributed by atoms with Crippen LogP contribution in [-0.4, -0.2) is 10.8 Å². The lowest BCUT2D eigenvalue weighted by Gasteiger charge is -2.07. The van der Waals surface area contributed by atoms with Gasteiger partial charge in [0.1, 0.15) is 5.82 Å². The summed E-state index contributed by atoms with van der Waals surface area (Å²) in [7, 11) is 0. The van der Waals surface area contributed by atoms with Crippen molar-refractivity contribution < 1.29 is 9.18 Å². The van der Waals surface area contributed by atoms with Crippen LogP contribution in [0.2, 0.25) is 5.02 Å². The molecule has 1 aromatic carbocycles. The molecule has 0 saturated heterocycles. The number of carbonyl (C=O) groups excluding carboxylic acids is 1. The highest BCUT2D eigenvalue weighted by molar-refractivity contribution is 6.31. The van der Waals surface area contributed by atoms with E-state index in [2.05, 4.69) is 4.98 Å². The normalized spacial score (nSPS) is 10.5. The van der Waals surface area contributed by atoms with Crippen molar-refractivity contribution in [1.82, 2.24) is 4.98 Å². The van der Waals surface area contributed by atoms with Crippen LogP contribution < -0.4 is 0 Å². The lowest BCUT2D eigenvalue weighted by molar-refractivity contribution is 0.0991. The minimum atomic E-state index is -0.460. The highest BCUT2D eigenvalue weighted by Gasteiger charge is 2.15. The van der Waals surface area contributed by atoms with Gasteiger partial charge in [0.15, 0.2) is 5.78 Å². The van der Waals surface area contributed by atoms with Gasteiger partial charge in [-0.25, -0.2) is 4.39 Å². The highest BCUT2D eigenvalue weighted by Crippen LogP contribution is 2.21. The predicted molar refractivity (Wildman–Crippen MR) is 73.2 cm³/mol. The average molecular weight is 278 g/mol. The van der Waals surface area contributed by atoms with Gasteiger partial charge in [0, 0.05) is 34.0 Å². The Morgan fingerprint density at radius 2 is 2.00 bits per heavy atom. The topological polar surface area (TPSA) is 30.0 Å². The first kappa shape index (κ1) is 13.7. The Balaban J connectivity index is 2.31. The number of aromatic nitrogens is 1. The number of hydrogen-bond donors (Lipinski definition) is 0. The zero-order chi connectivity index (χ0) is 14.0. The van der Waals surface area contributed by atoms with Crippen LogP contribution in [0.5, 0.6) is 0 Å². The lowest BCUT2D eigenvalue weighted by atomic mass is 10.0. The van der Waals surface area contributed by atoms with E-state index in [9.17, 15) is 9.18 Å². The van der Waals surface area contributed by atoms with Crippen molar-refractivity contribution >= 4 is 17.4 Å². The first-order valence-corrected chi connectivity index (χ1v) is 6.27. The average Bonchev–Trinajstić information content (AvgIpc) is 2.33. The maximum atomic E-state index is 13.6.